The lowest BCUT2D eigenvalue weighted by Crippen LogP contribution is -2.11. The molecule has 10 heteroatoms. The van der Waals surface area contributed by atoms with E-state index in [1.54, 1.807) is 24.3 Å². The molecule has 158 valence electrons. The lowest BCUT2D eigenvalue weighted by molar-refractivity contribution is 0.288. The molecule has 0 amide bonds. The molecule has 5 rings (SSSR count). The van der Waals surface area contributed by atoms with Crippen LogP contribution in [0.1, 0.15) is 30.5 Å². The molecule has 1 saturated carbocycles. The Balaban J connectivity index is 1.35. The minimum atomic E-state index is -0.185. The fourth-order valence-electron chi connectivity index (χ4n) is 3.27. The van der Waals surface area contributed by atoms with E-state index in [1.807, 2.05) is 18.2 Å². The molecule has 1 aliphatic rings. The van der Waals surface area contributed by atoms with Crippen LogP contribution < -0.4 is 10.3 Å². The van der Waals surface area contributed by atoms with Crippen LogP contribution in [0.3, 0.4) is 0 Å². The Labute approximate surface area is 191 Å². The molecule has 0 spiro atoms. The van der Waals surface area contributed by atoms with E-state index in [0.717, 1.165) is 23.8 Å². The van der Waals surface area contributed by atoms with Crippen molar-refractivity contribution in [1.82, 2.24) is 24.7 Å². The maximum atomic E-state index is 12.4. The highest BCUT2D eigenvalue weighted by molar-refractivity contribution is 7.98. The number of para-hydroxylation sites is 1. The molecule has 31 heavy (non-hydrogen) atoms. The van der Waals surface area contributed by atoms with Gasteiger partial charge in [0.15, 0.2) is 11.0 Å². The molecular formula is C21H17Cl2N5O2S. The number of thioether (sulfide) groups is 1. The molecule has 7 nitrogen and oxygen atoms in total. The van der Waals surface area contributed by atoms with Crippen LogP contribution in [0, 0.1) is 0 Å². The van der Waals surface area contributed by atoms with Crippen molar-refractivity contribution in [1.29, 1.82) is 0 Å². The largest absolute Gasteiger partial charge is 0.484 e. The normalized spacial score (nSPS) is 13.6. The van der Waals surface area contributed by atoms with Crippen molar-refractivity contribution in [3.05, 3.63) is 74.5 Å². The van der Waals surface area contributed by atoms with Crippen molar-refractivity contribution < 1.29 is 4.74 Å². The van der Waals surface area contributed by atoms with Crippen LogP contribution in [0.2, 0.25) is 10.0 Å². The summed E-state index contributed by atoms with van der Waals surface area (Å²) < 4.78 is 7.96. The van der Waals surface area contributed by atoms with Gasteiger partial charge in [-0.2, -0.15) is 0 Å². The summed E-state index contributed by atoms with van der Waals surface area (Å²) in [6.45, 7) is 0.275. The third kappa shape index (κ3) is 4.42. The fraction of sp³-hybridized carbons (Fsp3) is 0.238. The van der Waals surface area contributed by atoms with E-state index in [4.69, 9.17) is 27.9 Å². The summed E-state index contributed by atoms with van der Waals surface area (Å²) in [7, 11) is 0. The van der Waals surface area contributed by atoms with Crippen molar-refractivity contribution in [2.24, 2.45) is 0 Å². The summed E-state index contributed by atoms with van der Waals surface area (Å²) >= 11 is 13.7. The summed E-state index contributed by atoms with van der Waals surface area (Å²) in [5, 5.41) is 11.1. The zero-order valence-corrected chi connectivity index (χ0v) is 18.5. The number of aromatic nitrogens is 5. The zero-order chi connectivity index (χ0) is 21.4. The number of nitrogens with one attached hydrogen (secondary N) is 1. The predicted octanol–water partition coefficient (Wildman–Crippen LogP) is 5.03. The topological polar surface area (TPSA) is 85.7 Å². The van der Waals surface area contributed by atoms with E-state index < -0.39 is 0 Å². The predicted molar refractivity (Wildman–Crippen MR) is 121 cm³/mol. The second-order valence-corrected chi connectivity index (χ2v) is 8.97. The molecule has 1 fully saturated rings. The van der Waals surface area contributed by atoms with Gasteiger partial charge in [0, 0.05) is 11.1 Å². The number of benzene rings is 2. The molecule has 2 aromatic carbocycles. The number of fused-ring (bicyclic) bond motifs is 1. The SMILES string of the molecule is O=c1[nH]c(CSc2nnc(COc3ccccc3Cl)n2C2CC2)nc2cc(Cl)ccc12. The Hall–Kier alpha value is -2.55. The van der Waals surface area contributed by atoms with Gasteiger partial charge in [-0.25, -0.2) is 4.98 Å². The van der Waals surface area contributed by atoms with E-state index in [-0.39, 0.29) is 12.2 Å². The first kappa shape index (κ1) is 20.4. The van der Waals surface area contributed by atoms with Crippen LogP contribution in [-0.4, -0.2) is 24.7 Å². The highest BCUT2D eigenvalue weighted by atomic mass is 35.5. The van der Waals surface area contributed by atoms with E-state index >= 15 is 0 Å². The van der Waals surface area contributed by atoms with Crippen LogP contribution in [-0.2, 0) is 12.4 Å². The Morgan fingerprint density at radius 1 is 1.16 bits per heavy atom. The molecule has 2 heterocycles. The summed E-state index contributed by atoms with van der Waals surface area (Å²) in [6.07, 6.45) is 2.16. The molecule has 1 aliphatic carbocycles. The van der Waals surface area contributed by atoms with E-state index in [0.29, 0.717) is 44.3 Å². The number of hydrogen-bond acceptors (Lipinski definition) is 6. The first-order valence-corrected chi connectivity index (χ1v) is 11.4. The van der Waals surface area contributed by atoms with Gasteiger partial charge in [-0.1, -0.05) is 47.1 Å². The molecule has 2 aromatic heterocycles. The van der Waals surface area contributed by atoms with E-state index in [1.165, 1.54) is 11.8 Å². The molecule has 0 aliphatic heterocycles. The number of rotatable bonds is 7. The third-order valence-corrected chi connectivity index (χ3v) is 6.40. The number of hydrogen-bond donors (Lipinski definition) is 1. The van der Waals surface area contributed by atoms with Crippen LogP contribution in [0.25, 0.3) is 10.9 Å². The molecule has 1 N–H and O–H groups in total. The average molecular weight is 474 g/mol. The number of ether oxygens (including phenoxy) is 1. The van der Waals surface area contributed by atoms with Crippen molar-refractivity contribution in [3.63, 3.8) is 0 Å². The van der Waals surface area contributed by atoms with E-state index in [2.05, 4.69) is 24.7 Å². The van der Waals surface area contributed by atoms with Gasteiger partial charge in [-0.15, -0.1) is 10.2 Å². The maximum Gasteiger partial charge on any atom is 0.258 e. The molecule has 0 radical (unpaired) electrons. The van der Waals surface area contributed by atoms with E-state index in [9.17, 15) is 4.79 Å². The number of H-pyrrole nitrogens is 1. The Morgan fingerprint density at radius 3 is 2.81 bits per heavy atom. The summed E-state index contributed by atoms with van der Waals surface area (Å²) in [6, 6.07) is 12.8. The maximum absolute atomic E-state index is 12.4. The highest BCUT2D eigenvalue weighted by Crippen LogP contribution is 2.39. The monoisotopic (exact) mass is 473 g/mol. The Kier molecular flexibility index (Phi) is 5.60. The van der Waals surface area contributed by atoms with Gasteiger partial charge >= 0.3 is 0 Å². The summed E-state index contributed by atoms with van der Waals surface area (Å²) in [5.41, 5.74) is 0.388. The lowest BCUT2D eigenvalue weighted by atomic mass is 10.2. The minimum absolute atomic E-state index is 0.185. The van der Waals surface area contributed by atoms with Crippen molar-refractivity contribution in [2.75, 3.05) is 0 Å². The zero-order valence-electron chi connectivity index (χ0n) is 16.2. The second-order valence-electron chi connectivity index (χ2n) is 7.18. The van der Waals surface area contributed by atoms with Crippen molar-refractivity contribution in [2.45, 2.75) is 36.4 Å². The smallest absolute Gasteiger partial charge is 0.258 e. The van der Waals surface area contributed by atoms with Crippen LogP contribution in [0.4, 0.5) is 0 Å². The van der Waals surface area contributed by atoms with Gasteiger partial charge in [-0.05, 0) is 43.2 Å². The molecular weight excluding hydrogens is 457 g/mol. The quantitative estimate of drug-likeness (QED) is 0.379. The Bertz CT molecular complexity index is 1320. The van der Waals surface area contributed by atoms with Crippen LogP contribution in [0.5, 0.6) is 5.75 Å². The number of aromatic amines is 1. The number of nitrogens with zero attached hydrogens (tertiary/aromatic N) is 4. The highest BCUT2D eigenvalue weighted by Gasteiger charge is 2.30. The minimum Gasteiger partial charge on any atom is -0.484 e. The average Bonchev–Trinajstić information content (AvgIpc) is 3.51. The van der Waals surface area contributed by atoms with Gasteiger partial charge in [0.25, 0.3) is 5.56 Å². The number of halogens is 2. The van der Waals surface area contributed by atoms with Gasteiger partial charge in [-0.3, -0.25) is 9.36 Å². The van der Waals surface area contributed by atoms with Crippen molar-refractivity contribution in [3.8, 4) is 5.75 Å². The molecule has 4 aromatic rings. The summed E-state index contributed by atoms with van der Waals surface area (Å²) in [4.78, 5) is 19.7. The van der Waals surface area contributed by atoms with Gasteiger partial charge in [0.1, 0.15) is 18.2 Å². The van der Waals surface area contributed by atoms with Gasteiger partial charge in [0.2, 0.25) is 0 Å². The van der Waals surface area contributed by atoms with Gasteiger partial charge < -0.3 is 9.72 Å². The first-order chi connectivity index (χ1) is 15.1. The molecule has 0 bridgehead atoms. The Morgan fingerprint density at radius 2 is 2.00 bits per heavy atom. The van der Waals surface area contributed by atoms with Crippen molar-refractivity contribution >= 4 is 45.9 Å². The molecule has 0 atom stereocenters. The standard InChI is InChI=1S/C21H17Cl2N5O2S/c22-12-5-8-14-16(9-12)24-18(25-20(14)29)11-31-21-27-26-19(28(21)13-6-7-13)10-30-17-4-2-1-3-15(17)23/h1-5,8-9,13H,6-7,10-11H2,(H,24,25,29). The van der Waals surface area contributed by atoms with Crippen LogP contribution >= 0.6 is 35.0 Å². The summed E-state index contributed by atoms with van der Waals surface area (Å²) in [5.74, 6) is 2.37. The lowest BCUT2D eigenvalue weighted by Gasteiger charge is -2.10. The first-order valence-electron chi connectivity index (χ1n) is 9.71. The molecule has 0 unspecified atom stereocenters. The van der Waals surface area contributed by atoms with Crippen LogP contribution in [0.15, 0.2) is 52.4 Å². The third-order valence-electron chi connectivity index (χ3n) is 4.90. The van der Waals surface area contributed by atoms with Gasteiger partial charge in [0.05, 0.1) is 21.7 Å². The fourth-order valence-corrected chi connectivity index (χ4v) is 4.52. The molecule has 0 saturated heterocycles. The second kappa shape index (κ2) is 8.53.